The van der Waals surface area contributed by atoms with Crippen LogP contribution >= 0.6 is 0 Å². The molecule has 1 unspecified atom stereocenters. The minimum atomic E-state index is -0.556. The second-order valence-corrected chi connectivity index (χ2v) is 6.64. The number of piperidine rings is 1. The number of rotatable bonds is 4. The summed E-state index contributed by atoms with van der Waals surface area (Å²) in [7, 11) is 1.44. The van der Waals surface area contributed by atoms with Crippen molar-refractivity contribution in [1.82, 2.24) is 9.13 Å². The molecular weight excluding hydrogens is 334 g/mol. The van der Waals surface area contributed by atoms with Crippen molar-refractivity contribution in [2.75, 3.05) is 18.0 Å². The molecule has 2 heterocycles. The van der Waals surface area contributed by atoms with Gasteiger partial charge in [0.1, 0.15) is 5.82 Å². The van der Waals surface area contributed by atoms with E-state index in [-0.39, 0.29) is 18.1 Å². The molecule has 0 spiro atoms. The Labute approximate surface area is 150 Å². The lowest BCUT2D eigenvalue weighted by Gasteiger charge is -2.34. The lowest BCUT2D eigenvalue weighted by molar-refractivity contribution is 0.0999. The fourth-order valence-electron chi connectivity index (χ4n) is 3.36. The molecule has 26 heavy (non-hydrogen) atoms. The van der Waals surface area contributed by atoms with E-state index in [1.807, 2.05) is 4.90 Å². The molecule has 3 rings (SSSR count). The molecule has 1 atom stereocenters. The van der Waals surface area contributed by atoms with Crippen LogP contribution in [0, 0.1) is 0 Å². The highest BCUT2D eigenvalue weighted by Gasteiger charge is 2.22. The molecule has 8 nitrogen and oxygen atoms in total. The van der Waals surface area contributed by atoms with Crippen molar-refractivity contribution in [3.8, 4) is 0 Å². The average Bonchev–Trinajstić information content (AvgIpc) is 2.62. The van der Waals surface area contributed by atoms with Gasteiger partial charge in [-0.3, -0.25) is 18.7 Å². The topological polar surface area (TPSA) is 116 Å². The van der Waals surface area contributed by atoms with Crippen LogP contribution in [-0.4, -0.2) is 34.2 Å². The monoisotopic (exact) mass is 357 g/mol. The van der Waals surface area contributed by atoms with Crippen LogP contribution in [0.15, 0.2) is 39.9 Å². The highest BCUT2D eigenvalue weighted by molar-refractivity contribution is 5.94. The van der Waals surface area contributed by atoms with Crippen LogP contribution in [0.4, 0.5) is 5.82 Å². The summed E-state index contributed by atoms with van der Waals surface area (Å²) in [5, 5.41) is 0. The zero-order chi connectivity index (χ0) is 18.8. The Morgan fingerprint density at radius 2 is 2.00 bits per heavy atom. The Bertz CT molecular complexity index is 947. The van der Waals surface area contributed by atoms with Crippen molar-refractivity contribution in [3.63, 3.8) is 0 Å². The van der Waals surface area contributed by atoms with E-state index in [1.165, 1.54) is 17.7 Å². The van der Waals surface area contributed by atoms with E-state index in [0.29, 0.717) is 23.5 Å². The van der Waals surface area contributed by atoms with Crippen molar-refractivity contribution in [2.24, 2.45) is 18.5 Å². The lowest BCUT2D eigenvalue weighted by Crippen LogP contribution is -2.47. The van der Waals surface area contributed by atoms with E-state index >= 15 is 0 Å². The van der Waals surface area contributed by atoms with Crippen LogP contribution in [-0.2, 0) is 13.6 Å². The summed E-state index contributed by atoms with van der Waals surface area (Å²) < 4.78 is 2.56. The number of benzene rings is 1. The fourth-order valence-corrected chi connectivity index (χ4v) is 3.36. The number of anilines is 1. The van der Waals surface area contributed by atoms with Gasteiger partial charge in [0.15, 0.2) is 0 Å². The first-order valence-electron chi connectivity index (χ1n) is 8.57. The summed E-state index contributed by atoms with van der Waals surface area (Å²) in [6.45, 7) is 1.44. The first-order valence-corrected chi connectivity index (χ1v) is 8.57. The number of aromatic nitrogens is 2. The Morgan fingerprint density at radius 3 is 2.69 bits per heavy atom. The van der Waals surface area contributed by atoms with Gasteiger partial charge in [-0.2, -0.15) is 0 Å². The summed E-state index contributed by atoms with van der Waals surface area (Å²) in [6.07, 6.45) is 1.80. The Kier molecular flexibility index (Phi) is 4.94. The number of amides is 1. The molecule has 138 valence electrons. The van der Waals surface area contributed by atoms with Gasteiger partial charge in [-0.05, 0) is 24.5 Å². The number of carbonyl (C=O) groups is 1. The minimum Gasteiger partial charge on any atom is -0.366 e. The number of nitrogens with zero attached hydrogens (tertiary/aromatic N) is 3. The third kappa shape index (κ3) is 3.41. The molecule has 0 saturated carbocycles. The van der Waals surface area contributed by atoms with Crippen molar-refractivity contribution in [1.29, 1.82) is 0 Å². The lowest BCUT2D eigenvalue weighted by atomic mass is 10.1. The summed E-state index contributed by atoms with van der Waals surface area (Å²) >= 11 is 0. The maximum Gasteiger partial charge on any atom is 0.332 e. The molecule has 1 aliphatic heterocycles. The second-order valence-electron chi connectivity index (χ2n) is 6.64. The Hall–Kier alpha value is -2.87. The summed E-state index contributed by atoms with van der Waals surface area (Å²) in [5.41, 5.74) is 11.7. The van der Waals surface area contributed by atoms with Crippen molar-refractivity contribution in [3.05, 3.63) is 62.3 Å². The van der Waals surface area contributed by atoms with Crippen LogP contribution in [0.25, 0.3) is 0 Å². The molecule has 1 aromatic heterocycles. The highest BCUT2D eigenvalue weighted by atomic mass is 16.2. The standard InChI is InChI=1S/C18H23N5O3/c1-21-16(24)9-15(22-8-4-6-13(19)11-22)23(18(21)26)10-12-5-2-3-7-14(12)17(20)25/h2-3,5,7,9,13H,4,6,8,10-11,19H2,1H3,(H2,20,25). The summed E-state index contributed by atoms with van der Waals surface area (Å²) in [5.74, 6) is -0.0347. The third-order valence-corrected chi connectivity index (χ3v) is 4.77. The summed E-state index contributed by atoms with van der Waals surface area (Å²) in [4.78, 5) is 38.6. The maximum absolute atomic E-state index is 12.8. The number of nitrogens with two attached hydrogens (primary N) is 2. The molecule has 0 radical (unpaired) electrons. The van der Waals surface area contributed by atoms with E-state index in [4.69, 9.17) is 11.5 Å². The Balaban J connectivity index is 2.12. The van der Waals surface area contributed by atoms with E-state index in [0.717, 1.165) is 24.0 Å². The van der Waals surface area contributed by atoms with Gasteiger partial charge in [0, 0.05) is 37.8 Å². The summed E-state index contributed by atoms with van der Waals surface area (Å²) in [6, 6.07) is 8.33. The van der Waals surface area contributed by atoms with E-state index < -0.39 is 11.6 Å². The molecular formula is C18H23N5O3. The van der Waals surface area contributed by atoms with Crippen LogP contribution in [0.5, 0.6) is 0 Å². The normalized spacial score (nSPS) is 17.3. The first kappa shape index (κ1) is 17.9. The van der Waals surface area contributed by atoms with E-state index in [1.54, 1.807) is 24.3 Å². The molecule has 1 fully saturated rings. The highest BCUT2D eigenvalue weighted by Crippen LogP contribution is 2.19. The fraction of sp³-hybridized carbons (Fsp3) is 0.389. The number of hydrogen-bond acceptors (Lipinski definition) is 5. The molecule has 8 heteroatoms. The van der Waals surface area contributed by atoms with Gasteiger partial charge in [-0.15, -0.1) is 0 Å². The van der Waals surface area contributed by atoms with E-state index in [2.05, 4.69) is 0 Å². The zero-order valence-electron chi connectivity index (χ0n) is 14.7. The van der Waals surface area contributed by atoms with Crippen molar-refractivity contribution in [2.45, 2.75) is 25.4 Å². The molecule has 1 aliphatic rings. The van der Waals surface area contributed by atoms with Gasteiger partial charge in [-0.1, -0.05) is 18.2 Å². The maximum atomic E-state index is 12.8. The average molecular weight is 357 g/mol. The molecule has 4 N–H and O–H groups in total. The van der Waals surface area contributed by atoms with E-state index in [9.17, 15) is 14.4 Å². The molecule has 2 aromatic rings. The van der Waals surface area contributed by atoms with Crippen LogP contribution in [0.2, 0.25) is 0 Å². The van der Waals surface area contributed by atoms with Gasteiger partial charge >= 0.3 is 5.69 Å². The van der Waals surface area contributed by atoms with Crippen molar-refractivity contribution >= 4 is 11.7 Å². The van der Waals surface area contributed by atoms with Crippen LogP contribution in [0.3, 0.4) is 0 Å². The minimum absolute atomic E-state index is 0.00531. The third-order valence-electron chi connectivity index (χ3n) is 4.77. The second kappa shape index (κ2) is 7.17. The van der Waals surface area contributed by atoms with Crippen LogP contribution in [0.1, 0.15) is 28.8 Å². The largest absolute Gasteiger partial charge is 0.366 e. The smallest absolute Gasteiger partial charge is 0.332 e. The molecule has 1 saturated heterocycles. The number of hydrogen-bond donors (Lipinski definition) is 2. The first-order chi connectivity index (χ1) is 12.4. The molecule has 1 amide bonds. The van der Waals surface area contributed by atoms with Gasteiger partial charge in [0.25, 0.3) is 5.56 Å². The van der Waals surface area contributed by atoms with Crippen LogP contribution < -0.4 is 27.6 Å². The quantitative estimate of drug-likeness (QED) is 0.774. The van der Waals surface area contributed by atoms with Crippen molar-refractivity contribution < 1.29 is 4.79 Å². The molecule has 0 aliphatic carbocycles. The Morgan fingerprint density at radius 1 is 1.27 bits per heavy atom. The SMILES string of the molecule is Cn1c(=O)cc(N2CCCC(N)C2)n(Cc2ccccc2C(N)=O)c1=O. The predicted molar refractivity (Wildman–Crippen MR) is 99.4 cm³/mol. The van der Waals surface area contributed by atoms with Gasteiger partial charge in [-0.25, -0.2) is 4.79 Å². The van der Waals surface area contributed by atoms with Gasteiger partial charge in [0.2, 0.25) is 5.91 Å². The number of carbonyl (C=O) groups excluding carboxylic acids is 1. The van der Waals surface area contributed by atoms with Gasteiger partial charge in [0.05, 0.1) is 6.54 Å². The molecule has 0 bridgehead atoms. The van der Waals surface area contributed by atoms with Gasteiger partial charge < -0.3 is 16.4 Å². The predicted octanol–water partition coefficient (Wildman–Crippen LogP) is -0.378. The molecule has 1 aromatic carbocycles. The zero-order valence-corrected chi connectivity index (χ0v) is 14.7. The number of primary amides is 1.